The number of aromatic nitrogens is 1. The summed E-state index contributed by atoms with van der Waals surface area (Å²) in [6, 6.07) is 9.17. The van der Waals surface area contributed by atoms with E-state index in [1.807, 2.05) is 24.3 Å². The van der Waals surface area contributed by atoms with Gasteiger partial charge in [-0.15, -0.1) is 0 Å². The van der Waals surface area contributed by atoms with E-state index in [-0.39, 0.29) is 0 Å². The largest absolute Gasteiger partial charge is 0.472 e. The fourth-order valence-electron chi connectivity index (χ4n) is 1.42. The second-order valence-electron chi connectivity index (χ2n) is 3.75. The molecule has 0 spiro atoms. The number of nitrogens with zero attached hydrogens (tertiary/aromatic N) is 1. The Bertz CT molecular complexity index is 529. The van der Waals surface area contributed by atoms with Crippen LogP contribution in [0.25, 0.3) is 0 Å². The van der Waals surface area contributed by atoms with E-state index < -0.39 is 0 Å². The third-order valence-electron chi connectivity index (χ3n) is 2.39. The van der Waals surface area contributed by atoms with Crippen LogP contribution in [0, 0.1) is 0 Å². The fourth-order valence-corrected chi connectivity index (χ4v) is 1.78. The Hall–Kier alpha value is -1.29. The van der Waals surface area contributed by atoms with E-state index in [0.29, 0.717) is 29.1 Å². The summed E-state index contributed by atoms with van der Waals surface area (Å²) in [5.74, 6) is 0.406. The molecule has 0 amide bonds. The van der Waals surface area contributed by atoms with Gasteiger partial charge in [-0.25, -0.2) is 4.98 Å². The molecule has 0 aliphatic rings. The summed E-state index contributed by atoms with van der Waals surface area (Å²) in [5.41, 5.74) is 7.37. The van der Waals surface area contributed by atoms with Crippen LogP contribution in [-0.4, -0.2) is 4.98 Å². The van der Waals surface area contributed by atoms with Crippen molar-refractivity contribution >= 4 is 23.2 Å². The van der Waals surface area contributed by atoms with E-state index in [1.165, 1.54) is 0 Å². The van der Waals surface area contributed by atoms with Crippen molar-refractivity contribution in [3.05, 3.63) is 57.7 Å². The molecule has 0 bridgehead atoms. The van der Waals surface area contributed by atoms with Crippen LogP contribution in [0.2, 0.25) is 10.0 Å². The van der Waals surface area contributed by atoms with E-state index in [0.717, 1.165) is 11.1 Å². The van der Waals surface area contributed by atoms with Crippen LogP contribution in [0.4, 0.5) is 0 Å². The molecule has 2 N–H and O–H groups in total. The van der Waals surface area contributed by atoms with Gasteiger partial charge in [0.25, 0.3) is 0 Å². The lowest BCUT2D eigenvalue weighted by Crippen LogP contribution is -2.01. The van der Waals surface area contributed by atoms with Crippen molar-refractivity contribution in [1.82, 2.24) is 4.98 Å². The Morgan fingerprint density at radius 2 is 1.83 bits per heavy atom. The van der Waals surface area contributed by atoms with Crippen molar-refractivity contribution in [1.29, 1.82) is 0 Å². The zero-order chi connectivity index (χ0) is 13.0. The number of ether oxygens (including phenoxy) is 1. The zero-order valence-electron chi connectivity index (χ0n) is 9.57. The van der Waals surface area contributed by atoms with Crippen molar-refractivity contribution < 1.29 is 4.74 Å². The summed E-state index contributed by atoms with van der Waals surface area (Å²) < 4.78 is 5.54. The number of rotatable bonds is 4. The molecule has 5 heteroatoms. The lowest BCUT2D eigenvalue weighted by Gasteiger charge is -2.08. The van der Waals surface area contributed by atoms with Gasteiger partial charge in [0.15, 0.2) is 0 Å². The number of hydrogen-bond donors (Lipinski definition) is 1. The van der Waals surface area contributed by atoms with Gasteiger partial charge >= 0.3 is 0 Å². The van der Waals surface area contributed by atoms with E-state index >= 15 is 0 Å². The smallest absolute Gasteiger partial charge is 0.232 e. The standard InChI is InChI=1S/C13H12Cl2N2O/c14-11-3-1-9(2-4-11)8-18-13-12(15)5-10(6-16)7-17-13/h1-5,7H,6,8,16H2. The predicted octanol–water partition coefficient (Wildman–Crippen LogP) is 3.43. The summed E-state index contributed by atoms with van der Waals surface area (Å²) in [5, 5.41) is 1.16. The van der Waals surface area contributed by atoms with E-state index in [4.69, 9.17) is 33.7 Å². The molecule has 3 nitrogen and oxygen atoms in total. The van der Waals surface area contributed by atoms with Crippen LogP contribution in [0.15, 0.2) is 36.5 Å². The van der Waals surface area contributed by atoms with Crippen LogP contribution < -0.4 is 10.5 Å². The average Bonchev–Trinajstić information content (AvgIpc) is 2.39. The SMILES string of the molecule is NCc1cnc(OCc2ccc(Cl)cc2)c(Cl)c1. The molecule has 18 heavy (non-hydrogen) atoms. The highest BCUT2D eigenvalue weighted by atomic mass is 35.5. The van der Waals surface area contributed by atoms with Crippen molar-refractivity contribution in [2.45, 2.75) is 13.2 Å². The topological polar surface area (TPSA) is 48.1 Å². The molecule has 0 radical (unpaired) electrons. The molecule has 1 heterocycles. The first-order valence-electron chi connectivity index (χ1n) is 5.41. The molecule has 0 aliphatic heterocycles. The maximum absolute atomic E-state index is 6.04. The summed E-state index contributed by atoms with van der Waals surface area (Å²) >= 11 is 11.8. The summed E-state index contributed by atoms with van der Waals surface area (Å²) in [6.45, 7) is 0.802. The maximum atomic E-state index is 6.04. The Morgan fingerprint density at radius 1 is 1.11 bits per heavy atom. The van der Waals surface area contributed by atoms with Crippen LogP contribution in [0.5, 0.6) is 5.88 Å². The molecule has 0 saturated carbocycles. The number of nitrogens with two attached hydrogens (primary N) is 1. The second kappa shape index (κ2) is 6.05. The summed E-state index contributed by atoms with van der Waals surface area (Å²) in [4.78, 5) is 4.12. The minimum absolute atomic E-state index is 0.395. The zero-order valence-corrected chi connectivity index (χ0v) is 11.1. The van der Waals surface area contributed by atoms with E-state index in [2.05, 4.69) is 4.98 Å². The minimum atomic E-state index is 0.395. The minimum Gasteiger partial charge on any atom is -0.472 e. The highest BCUT2D eigenvalue weighted by Crippen LogP contribution is 2.23. The van der Waals surface area contributed by atoms with E-state index in [9.17, 15) is 0 Å². The number of benzene rings is 1. The van der Waals surface area contributed by atoms with Gasteiger partial charge in [0.05, 0.1) is 0 Å². The van der Waals surface area contributed by atoms with Gasteiger partial charge in [0.1, 0.15) is 11.6 Å². The van der Waals surface area contributed by atoms with Crippen molar-refractivity contribution in [3.63, 3.8) is 0 Å². The summed E-state index contributed by atoms with van der Waals surface area (Å²) in [6.07, 6.45) is 1.66. The predicted molar refractivity (Wildman–Crippen MR) is 72.9 cm³/mol. The van der Waals surface area contributed by atoms with E-state index in [1.54, 1.807) is 12.3 Å². The van der Waals surface area contributed by atoms with Crippen molar-refractivity contribution in [3.8, 4) is 5.88 Å². The first kappa shape index (κ1) is 13.1. The van der Waals surface area contributed by atoms with Crippen LogP contribution in [0.1, 0.15) is 11.1 Å². The Labute approximate surface area is 115 Å². The van der Waals surface area contributed by atoms with Gasteiger partial charge in [0, 0.05) is 17.8 Å². The van der Waals surface area contributed by atoms with Gasteiger partial charge in [-0.3, -0.25) is 0 Å². The third-order valence-corrected chi connectivity index (χ3v) is 2.91. The van der Waals surface area contributed by atoms with Crippen molar-refractivity contribution in [2.75, 3.05) is 0 Å². The molecule has 94 valence electrons. The number of pyridine rings is 1. The highest BCUT2D eigenvalue weighted by Gasteiger charge is 2.04. The highest BCUT2D eigenvalue weighted by molar-refractivity contribution is 6.31. The first-order valence-corrected chi connectivity index (χ1v) is 6.16. The Kier molecular flexibility index (Phi) is 4.42. The normalized spacial score (nSPS) is 10.4. The molecule has 0 atom stereocenters. The molecule has 2 rings (SSSR count). The van der Waals surface area contributed by atoms with Gasteiger partial charge < -0.3 is 10.5 Å². The van der Waals surface area contributed by atoms with Crippen molar-refractivity contribution in [2.24, 2.45) is 5.73 Å². The molecule has 0 fully saturated rings. The summed E-state index contributed by atoms with van der Waals surface area (Å²) in [7, 11) is 0. The Balaban J connectivity index is 2.04. The molecule has 1 aromatic heterocycles. The lowest BCUT2D eigenvalue weighted by atomic mass is 10.2. The average molecular weight is 283 g/mol. The quantitative estimate of drug-likeness (QED) is 0.935. The molecule has 1 aromatic carbocycles. The molecular weight excluding hydrogens is 271 g/mol. The first-order chi connectivity index (χ1) is 8.69. The van der Waals surface area contributed by atoms with Gasteiger partial charge in [-0.1, -0.05) is 35.3 Å². The van der Waals surface area contributed by atoms with Crippen LogP contribution in [-0.2, 0) is 13.2 Å². The molecule has 2 aromatic rings. The second-order valence-corrected chi connectivity index (χ2v) is 4.59. The molecule has 0 aliphatic carbocycles. The third kappa shape index (κ3) is 3.35. The van der Waals surface area contributed by atoms with Gasteiger partial charge in [0.2, 0.25) is 5.88 Å². The van der Waals surface area contributed by atoms with Crippen LogP contribution in [0.3, 0.4) is 0 Å². The van der Waals surface area contributed by atoms with Gasteiger partial charge in [-0.2, -0.15) is 0 Å². The van der Waals surface area contributed by atoms with Crippen LogP contribution >= 0.6 is 23.2 Å². The number of halogens is 2. The number of hydrogen-bond acceptors (Lipinski definition) is 3. The Morgan fingerprint density at radius 3 is 2.44 bits per heavy atom. The molecular formula is C13H12Cl2N2O. The fraction of sp³-hybridized carbons (Fsp3) is 0.154. The molecule has 0 unspecified atom stereocenters. The molecule has 0 saturated heterocycles. The lowest BCUT2D eigenvalue weighted by molar-refractivity contribution is 0.294. The monoisotopic (exact) mass is 282 g/mol. The maximum Gasteiger partial charge on any atom is 0.232 e. The van der Waals surface area contributed by atoms with Gasteiger partial charge in [-0.05, 0) is 29.3 Å².